The van der Waals surface area contributed by atoms with Crippen LogP contribution in [0.1, 0.15) is 19.4 Å². The van der Waals surface area contributed by atoms with Gasteiger partial charge in [0.15, 0.2) is 0 Å². The first-order valence-electron chi connectivity index (χ1n) is 5.84. The van der Waals surface area contributed by atoms with Crippen LogP contribution in [-0.4, -0.2) is 25.7 Å². The Hall–Kier alpha value is -0.540. The second kappa shape index (κ2) is 7.02. The van der Waals surface area contributed by atoms with Crippen LogP contribution in [0, 0.1) is 5.41 Å². The van der Waals surface area contributed by atoms with Gasteiger partial charge in [-0.25, -0.2) is 0 Å². The Balaban J connectivity index is 2.45. The number of alkyl halides is 1. The highest BCUT2D eigenvalue weighted by Crippen LogP contribution is 2.21. The molecule has 1 aromatic rings. The van der Waals surface area contributed by atoms with Gasteiger partial charge in [0, 0.05) is 17.9 Å². The maximum absolute atomic E-state index is 5.76. The van der Waals surface area contributed by atoms with Crippen LogP contribution in [0.25, 0.3) is 0 Å². The third kappa shape index (κ3) is 5.55. The zero-order valence-corrected chi connectivity index (χ0v) is 12.4. The number of ether oxygens (including phenoxy) is 2. The molecule has 0 radical (unpaired) electrons. The van der Waals surface area contributed by atoms with E-state index < -0.39 is 0 Å². The van der Waals surface area contributed by atoms with Gasteiger partial charge in [-0.15, -0.1) is 0 Å². The summed E-state index contributed by atoms with van der Waals surface area (Å²) in [4.78, 5) is 0. The molecule has 0 aliphatic heterocycles. The fourth-order valence-electron chi connectivity index (χ4n) is 1.29. The predicted octanol–water partition coefficient (Wildman–Crippen LogP) is 3.68. The van der Waals surface area contributed by atoms with Gasteiger partial charge < -0.3 is 9.47 Å². The van der Waals surface area contributed by atoms with Crippen molar-refractivity contribution in [1.82, 2.24) is 0 Å². The van der Waals surface area contributed by atoms with E-state index in [0.717, 1.165) is 30.7 Å². The number of methoxy groups -OCH3 is 1. The highest BCUT2D eigenvalue weighted by Gasteiger charge is 2.16. The minimum atomic E-state index is 0.161. The Morgan fingerprint density at radius 1 is 1.18 bits per heavy atom. The van der Waals surface area contributed by atoms with E-state index >= 15 is 0 Å². The molecular formula is C14H21BrO2. The van der Waals surface area contributed by atoms with E-state index in [2.05, 4.69) is 41.9 Å². The van der Waals surface area contributed by atoms with Gasteiger partial charge in [0.05, 0.1) is 13.2 Å². The maximum Gasteiger partial charge on any atom is 0.119 e. The van der Waals surface area contributed by atoms with Crippen molar-refractivity contribution in [3.63, 3.8) is 0 Å². The minimum absolute atomic E-state index is 0.161. The topological polar surface area (TPSA) is 18.5 Å². The summed E-state index contributed by atoms with van der Waals surface area (Å²) >= 11 is 3.49. The molecule has 0 saturated carbocycles. The zero-order chi connectivity index (χ0) is 12.7. The summed E-state index contributed by atoms with van der Waals surface area (Å²) in [6.07, 6.45) is 0.948. The highest BCUT2D eigenvalue weighted by molar-refractivity contribution is 9.09. The summed E-state index contributed by atoms with van der Waals surface area (Å²) < 4.78 is 10.8. The van der Waals surface area contributed by atoms with Crippen molar-refractivity contribution in [2.45, 2.75) is 20.3 Å². The van der Waals surface area contributed by atoms with Crippen molar-refractivity contribution in [1.29, 1.82) is 0 Å². The van der Waals surface area contributed by atoms with Crippen molar-refractivity contribution < 1.29 is 9.47 Å². The monoisotopic (exact) mass is 300 g/mol. The maximum atomic E-state index is 5.76. The van der Waals surface area contributed by atoms with Crippen LogP contribution < -0.4 is 4.74 Å². The van der Waals surface area contributed by atoms with Crippen LogP contribution in [-0.2, 0) is 11.2 Å². The second-order valence-electron chi connectivity index (χ2n) is 4.97. The van der Waals surface area contributed by atoms with Crippen molar-refractivity contribution in [3.8, 4) is 5.75 Å². The van der Waals surface area contributed by atoms with Gasteiger partial charge >= 0.3 is 0 Å². The number of halogens is 1. The number of hydrogen-bond donors (Lipinski definition) is 0. The van der Waals surface area contributed by atoms with E-state index in [1.54, 1.807) is 7.11 Å². The molecule has 96 valence electrons. The summed E-state index contributed by atoms with van der Waals surface area (Å²) in [7, 11) is 1.72. The Labute approximate surface area is 112 Å². The Morgan fingerprint density at radius 2 is 1.82 bits per heavy atom. The largest absolute Gasteiger partial charge is 0.493 e. The molecule has 0 N–H and O–H groups in total. The summed E-state index contributed by atoms with van der Waals surface area (Å²) in [5.41, 5.74) is 1.44. The third-order valence-corrected chi connectivity index (χ3v) is 4.03. The highest BCUT2D eigenvalue weighted by atomic mass is 79.9. The average molecular weight is 301 g/mol. The summed E-state index contributed by atoms with van der Waals surface area (Å²) in [5, 5.41) is 0.936. The van der Waals surface area contributed by atoms with Crippen LogP contribution in [0.3, 0.4) is 0 Å². The van der Waals surface area contributed by atoms with Crippen LogP contribution in [0.2, 0.25) is 0 Å². The average Bonchev–Trinajstić information content (AvgIpc) is 2.35. The van der Waals surface area contributed by atoms with Crippen molar-refractivity contribution in [3.05, 3.63) is 29.8 Å². The van der Waals surface area contributed by atoms with E-state index in [1.807, 2.05) is 12.1 Å². The lowest BCUT2D eigenvalue weighted by Gasteiger charge is -2.21. The molecule has 1 rings (SSSR count). The van der Waals surface area contributed by atoms with Gasteiger partial charge in [-0.1, -0.05) is 41.9 Å². The molecule has 0 bridgehead atoms. The standard InChI is InChI=1S/C14H21BrO2/c1-14(2,10-15)11-17-13-6-4-12(5-7-13)8-9-16-3/h4-7H,8-11H2,1-3H3. The molecule has 1 aromatic carbocycles. The molecule has 17 heavy (non-hydrogen) atoms. The Kier molecular flexibility index (Phi) is 6.00. The van der Waals surface area contributed by atoms with Gasteiger partial charge in [-0.05, 0) is 24.1 Å². The molecule has 0 unspecified atom stereocenters. The lowest BCUT2D eigenvalue weighted by atomic mass is 9.98. The molecule has 0 aliphatic rings. The van der Waals surface area contributed by atoms with Crippen LogP contribution in [0.5, 0.6) is 5.75 Å². The minimum Gasteiger partial charge on any atom is -0.493 e. The fourth-order valence-corrected chi connectivity index (χ4v) is 1.45. The van der Waals surface area contributed by atoms with E-state index in [1.165, 1.54) is 5.56 Å². The molecular weight excluding hydrogens is 280 g/mol. The number of benzene rings is 1. The first kappa shape index (κ1) is 14.5. The summed E-state index contributed by atoms with van der Waals surface area (Å²) in [5.74, 6) is 0.931. The Bertz CT molecular complexity index is 319. The van der Waals surface area contributed by atoms with E-state index in [-0.39, 0.29) is 5.41 Å². The lowest BCUT2D eigenvalue weighted by molar-refractivity contribution is 0.201. The molecule has 0 aliphatic carbocycles. The fraction of sp³-hybridized carbons (Fsp3) is 0.571. The lowest BCUT2D eigenvalue weighted by Crippen LogP contribution is -2.22. The van der Waals surface area contributed by atoms with Crippen molar-refractivity contribution in [2.75, 3.05) is 25.7 Å². The quantitative estimate of drug-likeness (QED) is 0.715. The predicted molar refractivity (Wildman–Crippen MR) is 75.1 cm³/mol. The van der Waals surface area contributed by atoms with Gasteiger partial charge in [-0.3, -0.25) is 0 Å². The molecule has 0 saturated heterocycles. The van der Waals surface area contributed by atoms with Crippen LogP contribution in [0.4, 0.5) is 0 Å². The van der Waals surface area contributed by atoms with Crippen molar-refractivity contribution in [2.24, 2.45) is 5.41 Å². The molecule has 0 aromatic heterocycles. The SMILES string of the molecule is COCCc1ccc(OCC(C)(C)CBr)cc1. The third-order valence-electron chi connectivity index (χ3n) is 2.51. The molecule has 0 amide bonds. The Morgan fingerprint density at radius 3 is 2.35 bits per heavy atom. The smallest absolute Gasteiger partial charge is 0.119 e. The molecule has 2 nitrogen and oxygen atoms in total. The van der Waals surface area contributed by atoms with Crippen molar-refractivity contribution >= 4 is 15.9 Å². The van der Waals surface area contributed by atoms with Gasteiger partial charge in [0.25, 0.3) is 0 Å². The molecule has 0 atom stereocenters. The number of hydrogen-bond acceptors (Lipinski definition) is 2. The summed E-state index contributed by atoms with van der Waals surface area (Å²) in [6, 6.07) is 8.23. The molecule has 0 fully saturated rings. The van der Waals surface area contributed by atoms with Gasteiger partial charge in [0.1, 0.15) is 5.75 Å². The van der Waals surface area contributed by atoms with Crippen LogP contribution in [0.15, 0.2) is 24.3 Å². The normalized spacial score (nSPS) is 11.5. The first-order chi connectivity index (χ1) is 8.07. The molecule has 3 heteroatoms. The van der Waals surface area contributed by atoms with Gasteiger partial charge in [0.2, 0.25) is 0 Å². The van der Waals surface area contributed by atoms with E-state index in [9.17, 15) is 0 Å². The number of rotatable bonds is 7. The van der Waals surface area contributed by atoms with E-state index in [4.69, 9.17) is 9.47 Å². The van der Waals surface area contributed by atoms with Crippen LogP contribution >= 0.6 is 15.9 Å². The zero-order valence-electron chi connectivity index (χ0n) is 10.8. The first-order valence-corrected chi connectivity index (χ1v) is 6.96. The van der Waals surface area contributed by atoms with E-state index in [0.29, 0.717) is 0 Å². The summed E-state index contributed by atoms with van der Waals surface area (Å²) in [6.45, 7) is 5.83. The van der Waals surface area contributed by atoms with Gasteiger partial charge in [-0.2, -0.15) is 0 Å². The molecule has 0 spiro atoms. The molecule has 0 heterocycles. The second-order valence-corrected chi connectivity index (χ2v) is 5.53.